The molecule has 0 bridgehead atoms. The summed E-state index contributed by atoms with van der Waals surface area (Å²) in [6.45, 7) is 0. The summed E-state index contributed by atoms with van der Waals surface area (Å²) in [7, 11) is 0. The number of fused-ring (bicyclic) bond motifs is 3. The first-order valence-corrected chi connectivity index (χ1v) is 23.6. The van der Waals surface area contributed by atoms with E-state index in [1.165, 1.54) is 152 Å². The van der Waals surface area contributed by atoms with Crippen molar-refractivity contribution in [3.63, 3.8) is 0 Å². The van der Waals surface area contributed by atoms with Crippen LogP contribution < -0.4 is 14.7 Å². The van der Waals surface area contributed by atoms with Gasteiger partial charge in [0.25, 0.3) is 0 Å². The average Bonchev–Trinajstić information content (AvgIpc) is 3.28. The Kier molecular flexibility index (Phi) is 11.2. The summed E-state index contributed by atoms with van der Waals surface area (Å²) in [4.78, 5) is 25.3. The summed E-state index contributed by atoms with van der Waals surface area (Å²) < 4.78 is 0. The molecule has 0 amide bonds. The van der Waals surface area contributed by atoms with Gasteiger partial charge in [-0.25, -0.2) is 0 Å². The zero-order chi connectivity index (χ0) is 38.0. The lowest BCUT2D eigenvalue weighted by atomic mass is 9.68. The van der Waals surface area contributed by atoms with E-state index in [-0.39, 0.29) is 0 Å². The van der Waals surface area contributed by atoms with Gasteiger partial charge in [-0.15, -0.1) is 0 Å². The van der Waals surface area contributed by atoms with Crippen molar-refractivity contribution in [2.75, 3.05) is 14.7 Å². The van der Waals surface area contributed by atoms with Crippen LogP contribution in [0.5, 0.6) is 0 Å². The molecule has 6 aliphatic rings. The third-order valence-corrected chi connectivity index (χ3v) is 16.0. The van der Waals surface area contributed by atoms with Crippen LogP contribution in [0.1, 0.15) is 135 Å². The monoisotopic (exact) mass is 763 g/mol. The number of aromatic nitrogens is 3. The van der Waals surface area contributed by atoms with Crippen LogP contribution in [0, 0.1) is 35.5 Å². The molecule has 6 fully saturated rings. The van der Waals surface area contributed by atoms with E-state index in [1.54, 1.807) is 0 Å². The Labute approximate surface area is 342 Å². The standard InChI is InChI=1S/C51H66N6/c1-4-25-40(26-5-1)55(46-34-16-22-37-19-10-13-31-43(37)46)49-52-50(56(41-27-6-2-7-28-41)47-35-17-23-38-20-11-14-32-44(38)47)54-51(53-49)57(42-29-8-3-9-30-42)48-36-18-24-39-21-12-15-33-45(39)48/h1-9,25-30,37-39,43-48H,10-24,31-36H2. The van der Waals surface area contributed by atoms with Crippen molar-refractivity contribution in [3.05, 3.63) is 91.0 Å². The number of nitrogens with zero attached hydrogens (tertiary/aromatic N) is 6. The van der Waals surface area contributed by atoms with E-state index in [9.17, 15) is 0 Å². The number of para-hydroxylation sites is 3. The highest BCUT2D eigenvalue weighted by Crippen LogP contribution is 2.50. The predicted molar refractivity (Wildman–Crippen MR) is 235 cm³/mol. The highest BCUT2D eigenvalue weighted by molar-refractivity contribution is 5.67. The van der Waals surface area contributed by atoms with E-state index in [0.717, 1.165) is 35.6 Å². The molecule has 6 aliphatic carbocycles. The second-order valence-corrected chi connectivity index (χ2v) is 19.0. The molecule has 1 heterocycles. The molecule has 9 atom stereocenters. The normalized spacial score (nSPS) is 31.3. The van der Waals surface area contributed by atoms with Gasteiger partial charge in [0.15, 0.2) is 0 Å². The molecule has 300 valence electrons. The van der Waals surface area contributed by atoms with Crippen LogP contribution in [0.15, 0.2) is 91.0 Å². The van der Waals surface area contributed by atoms with E-state index in [4.69, 9.17) is 15.0 Å². The Morgan fingerprint density at radius 3 is 0.860 bits per heavy atom. The van der Waals surface area contributed by atoms with Crippen molar-refractivity contribution in [2.45, 2.75) is 153 Å². The molecule has 3 aromatic carbocycles. The van der Waals surface area contributed by atoms with Gasteiger partial charge < -0.3 is 14.7 Å². The minimum Gasteiger partial charge on any atom is -0.307 e. The fourth-order valence-corrected chi connectivity index (χ4v) is 13.5. The third-order valence-electron chi connectivity index (χ3n) is 16.0. The summed E-state index contributed by atoms with van der Waals surface area (Å²) in [6.07, 6.45) is 27.7. The van der Waals surface area contributed by atoms with Crippen LogP contribution in [0.4, 0.5) is 34.9 Å². The van der Waals surface area contributed by atoms with Crippen molar-refractivity contribution in [3.8, 4) is 0 Å². The minimum absolute atomic E-state index is 0.375. The molecule has 4 aromatic rings. The second-order valence-electron chi connectivity index (χ2n) is 19.0. The van der Waals surface area contributed by atoms with Gasteiger partial charge in [0, 0.05) is 35.2 Å². The van der Waals surface area contributed by atoms with Crippen LogP contribution in [-0.2, 0) is 0 Å². The first kappa shape index (κ1) is 37.3. The highest BCUT2D eigenvalue weighted by atomic mass is 15.4. The summed E-state index contributed by atoms with van der Waals surface area (Å²) in [5.41, 5.74) is 3.68. The first-order valence-electron chi connectivity index (χ1n) is 23.6. The molecule has 0 spiro atoms. The Morgan fingerprint density at radius 1 is 0.298 bits per heavy atom. The Balaban J connectivity index is 1.19. The van der Waals surface area contributed by atoms with Gasteiger partial charge in [0.05, 0.1) is 0 Å². The lowest BCUT2D eigenvalue weighted by Crippen LogP contribution is -2.48. The molecule has 10 rings (SSSR count). The third kappa shape index (κ3) is 7.60. The van der Waals surface area contributed by atoms with Gasteiger partial charge in [-0.05, 0) is 110 Å². The number of hydrogen-bond donors (Lipinski definition) is 0. The lowest BCUT2D eigenvalue weighted by Gasteiger charge is -2.48. The summed E-state index contributed by atoms with van der Waals surface area (Å²) in [6, 6.07) is 34.8. The summed E-state index contributed by atoms with van der Waals surface area (Å²) >= 11 is 0. The van der Waals surface area contributed by atoms with E-state index in [2.05, 4.69) is 106 Å². The van der Waals surface area contributed by atoms with Crippen molar-refractivity contribution >= 4 is 34.9 Å². The summed E-state index contributed by atoms with van der Waals surface area (Å²) in [5.74, 6) is 6.92. The molecule has 9 unspecified atom stereocenters. The average molecular weight is 763 g/mol. The molecule has 0 aliphatic heterocycles. The molecule has 0 N–H and O–H groups in total. The van der Waals surface area contributed by atoms with E-state index in [1.807, 2.05) is 0 Å². The zero-order valence-electron chi connectivity index (χ0n) is 34.4. The maximum absolute atomic E-state index is 5.82. The van der Waals surface area contributed by atoms with Crippen molar-refractivity contribution < 1.29 is 0 Å². The second kappa shape index (κ2) is 17.1. The molecule has 6 saturated carbocycles. The quantitative estimate of drug-likeness (QED) is 0.169. The minimum atomic E-state index is 0.375. The van der Waals surface area contributed by atoms with Crippen molar-refractivity contribution in [1.29, 1.82) is 0 Å². The van der Waals surface area contributed by atoms with Gasteiger partial charge in [0.2, 0.25) is 17.8 Å². The number of rotatable bonds is 9. The molecular weight excluding hydrogens is 697 g/mol. The van der Waals surface area contributed by atoms with Gasteiger partial charge in [-0.3, -0.25) is 0 Å². The molecule has 57 heavy (non-hydrogen) atoms. The topological polar surface area (TPSA) is 48.4 Å². The number of hydrogen-bond acceptors (Lipinski definition) is 6. The molecule has 6 nitrogen and oxygen atoms in total. The number of anilines is 6. The Bertz CT molecular complexity index is 1650. The van der Waals surface area contributed by atoms with Crippen LogP contribution in [0.2, 0.25) is 0 Å². The maximum Gasteiger partial charge on any atom is 0.236 e. The van der Waals surface area contributed by atoms with Crippen LogP contribution in [0.25, 0.3) is 0 Å². The molecule has 0 saturated heterocycles. The van der Waals surface area contributed by atoms with Crippen molar-refractivity contribution in [1.82, 2.24) is 15.0 Å². The molecule has 1 aromatic heterocycles. The van der Waals surface area contributed by atoms with Crippen LogP contribution in [-0.4, -0.2) is 33.1 Å². The van der Waals surface area contributed by atoms with Gasteiger partial charge in [-0.2, -0.15) is 15.0 Å². The van der Waals surface area contributed by atoms with E-state index < -0.39 is 0 Å². The summed E-state index contributed by atoms with van der Waals surface area (Å²) in [5, 5.41) is 0. The van der Waals surface area contributed by atoms with Crippen LogP contribution >= 0.6 is 0 Å². The smallest absolute Gasteiger partial charge is 0.236 e. The fourth-order valence-electron chi connectivity index (χ4n) is 13.5. The predicted octanol–water partition coefficient (Wildman–Crippen LogP) is 13.4. The molecule has 6 heteroatoms. The fraction of sp³-hybridized carbons (Fsp3) is 0.588. The Hall–Kier alpha value is -3.93. The first-order chi connectivity index (χ1) is 28.3. The van der Waals surface area contributed by atoms with Crippen LogP contribution in [0.3, 0.4) is 0 Å². The van der Waals surface area contributed by atoms with Crippen molar-refractivity contribution in [2.24, 2.45) is 35.5 Å². The SMILES string of the molecule is c1ccc(N(c2nc(N(c3ccccc3)C3CCCC4CCCCC43)nc(N(c3ccccc3)C3CCCC4CCCCC43)n2)C2CCCC3CCCCC32)cc1. The molecular formula is C51H66N6. The van der Waals surface area contributed by atoms with Gasteiger partial charge >= 0.3 is 0 Å². The highest BCUT2D eigenvalue weighted by Gasteiger charge is 2.44. The number of benzene rings is 3. The Morgan fingerprint density at radius 2 is 0.561 bits per heavy atom. The van der Waals surface area contributed by atoms with E-state index >= 15 is 0 Å². The largest absolute Gasteiger partial charge is 0.307 e. The zero-order valence-corrected chi connectivity index (χ0v) is 34.4. The van der Waals surface area contributed by atoms with Gasteiger partial charge in [-0.1, -0.05) is 151 Å². The van der Waals surface area contributed by atoms with Gasteiger partial charge in [0.1, 0.15) is 0 Å². The lowest BCUT2D eigenvalue weighted by molar-refractivity contribution is 0.144. The maximum atomic E-state index is 5.82. The molecule has 0 radical (unpaired) electrons. The van der Waals surface area contributed by atoms with E-state index in [0.29, 0.717) is 35.9 Å².